The molecular weight excluding hydrogens is 296 g/mol. The summed E-state index contributed by atoms with van der Waals surface area (Å²) in [4.78, 5) is 12.0. The lowest BCUT2D eigenvalue weighted by atomic mass is 10.2. The highest BCUT2D eigenvalue weighted by atomic mass is 35.5. The lowest BCUT2D eigenvalue weighted by Crippen LogP contribution is -2.38. The van der Waals surface area contributed by atoms with E-state index in [9.17, 15) is 4.79 Å². The Hall–Kier alpha value is -1.40. The van der Waals surface area contributed by atoms with Gasteiger partial charge in [0.1, 0.15) is 17.1 Å². The summed E-state index contributed by atoms with van der Waals surface area (Å²) in [5.41, 5.74) is 2.15. The standard InChI is InChI=1S/C13H17ClN4OS/c1-3-4-7-15-13(19)8(2)16-11-9(14)5-6-10-12(11)18-20-17-10/h5-6,8,16H,3-4,7H2,1-2H3,(H,15,19). The number of carbonyl (C=O) groups is 1. The maximum absolute atomic E-state index is 12.0. The molecule has 2 rings (SSSR count). The number of nitrogens with zero attached hydrogens (tertiary/aromatic N) is 2. The molecule has 0 spiro atoms. The number of benzene rings is 1. The first kappa shape index (κ1) is 15.0. The van der Waals surface area contributed by atoms with Crippen molar-refractivity contribution in [2.75, 3.05) is 11.9 Å². The second kappa shape index (κ2) is 6.85. The molecule has 1 atom stereocenters. The van der Waals surface area contributed by atoms with E-state index in [1.165, 1.54) is 0 Å². The Kier molecular flexibility index (Phi) is 5.14. The number of hydrogen-bond donors (Lipinski definition) is 2. The van der Waals surface area contributed by atoms with E-state index in [1.54, 1.807) is 13.0 Å². The molecule has 0 saturated carbocycles. The number of nitrogens with one attached hydrogen (secondary N) is 2. The summed E-state index contributed by atoms with van der Waals surface area (Å²) in [7, 11) is 0. The summed E-state index contributed by atoms with van der Waals surface area (Å²) >= 11 is 7.31. The highest BCUT2D eigenvalue weighted by Gasteiger charge is 2.16. The van der Waals surface area contributed by atoms with E-state index in [0.29, 0.717) is 22.8 Å². The average Bonchev–Trinajstić information content (AvgIpc) is 2.90. The Labute approximate surface area is 127 Å². The van der Waals surface area contributed by atoms with Gasteiger partial charge in [-0.3, -0.25) is 4.79 Å². The highest BCUT2D eigenvalue weighted by molar-refractivity contribution is 7.00. The second-order valence-electron chi connectivity index (χ2n) is 4.56. The number of halogens is 1. The summed E-state index contributed by atoms with van der Waals surface area (Å²) in [5, 5.41) is 6.55. The van der Waals surface area contributed by atoms with E-state index in [1.807, 2.05) is 6.07 Å². The predicted octanol–water partition coefficient (Wildman–Crippen LogP) is 3.06. The van der Waals surface area contributed by atoms with Crippen LogP contribution in [-0.2, 0) is 4.79 Å². The van der Waals surface area contributed by atoms with Crippen molar-refractivity contribution in [1.29, 1.82) is 0 Å². The summed E-state index contributed by atoms with van der Waals surface area (Å²) in [6.07, 6.45) is 2.03. The van der Waals surface area contributed by atoms with Crippen molar-refractivity contribution in [2.45, 2.75) is 32.7 Å². The second-order valence-corrected chi connectivity index (χ2v) is 5.50. The maximum atomic E-state index is 12.0. The van der Waals surface area contributed by atoms with Gasteiger partial charge in [0, 0.05) is 6.54 Å². The molecule has 0 aliphatic carbocycles. The third kappa shape index (κ3) is 3.37. The third-order valence-electron chi connectivity index (χ3n) is 2.96. The monoisotopic (exact) mass is 312 g/mol. The van der Waals surface area contributed by atoms with Crippen LogP contribution in [0.4, 0.5) is 5.69 Å². The van der Waals surface area contributed by atoms with Crippen molar-refractivity contribution in [3.05, 3.63) is 17.2 Å². The smallest absolute Gasteiger partial charge is 0.242 e. The van der Waals surface area contributed by atoms with Crippen LogP contribution in [0.5, 0.6) is 0 Å². The lowest BCUT2D eigenvalue weighted by Gasteiger charge is -2.16. The molecule has 0 bridgehead atoms. The Morgan fingerprint density at radius 2 is 2.25 bits per heavy atom. The number of aromatic nitrogens is 2. The van der Waals surface area contributed by atoms with Crippen LogP contribution in [0.2, 0.25) is 5.02 Å². The van der Waals surface area contributed by atoms with Gasteiger partial charge in [-0.15, -0.1) is 0 Å². The average molecular weight is 313 g/mol. The van der Waals surface area contributed by atoms with Gasteiger partial charge in [0.2, 0.25) is 5.91 Å². The van der Waals surface area contributed by atoms with Gasteiger partial charge in [-0.1, -0.05) is 24.9 Å². The van der Waals surface area contributed by atoms with Crippen LogP contribution in [0, 0.1) is 0 Å². The number of carbonyl (C=O) groups excluding carboxylic acids is 1. The van der Waals surface area contributed by atoms with Crippen LogP contribution < -0.4 is 10.6 Å². The molecule has 1 unspecified atom stereocenters. The summed E-state index contributed by atoms with van der Waals surface area (Å²) < 4.78 is 8.38. The Balaban J connectivity index is 2.09. The van der Waals surface area contributed by atoms with Gasteiger partial charge in [0.25, 0.3) is 0 Å². The van der Waals surface area contributed by atoms with Crippen LogP contribution in [-0.4, -0.2) is 27.2 Å². The normalized spacial score (nSPS) is 12.3. The molecule has 0 saturated heterocycles. The number of rotatable bonds is 6. The topological polar surface area (TPSA) is 66.9 Å². The van der Waals surface area contributed by atoms with Gasteiger partial charge in [0.15, 0.2) is 0 Å². The highest BCUT2D eigenvalue weighted by Crippen LogP contribution is 2.30. The number of hydrogen-bond acceptors (Lipinski definition) is 5. The zero-order valence-electron chi connectivity index (χ0n) is 11.4. The molecule has 7 heteroatoms. The molecule has 1 amide bonds. The fourth-order valence-corrected chi connectivity index (χ4v) is 2.54. The molecule has 1 aromatic heterocycles. The minimum absolute atomic E-state index is 0.0466. The molecule has 1 aromatic carbocycles. The zero-order valence-corrected chi connectivity index (χ0v) is 13.0. The largest absolute Gasteiger partial charge is 0.371 e. The van der Waals surface area contributed by atoms with Crippen molar-refractivity contribution in [3.8, 4) is 0 Å². The Morgan fingerprint density at radius 1 is 1.45 bits per heavy atom. The van der Waals surface area contributed by atoms with Gasteiger partial charge in [-0.2, -0.15) is 8.75 Å². The zero-order chi connectivity index (χ0) is 14.5. The van der Waals surface area contributed by atoms with Crippen molar-refractivity contribution in [3.63, 3.8) is 0 Å². The van der Waals surface area contributed by atoms with Gasteiger partial charge >= 0.3 is 0 Å². The van der Waals surface area contributed by atoms with Crippen LogP contribution in [0.25, 0.3) is 11.0 Å². The molecule has 20 heavy (non-hydrogen) atoms. The fourth-order valence-electron chi connectivity index (χ4n) is 1.79. The van der Waals surface area contributed by atoms with Crippen molar-refractivity contribution < 1.29 is 4.79 Å². The van der Waals surface area contributed by atoms with Crippen molar-refractivity contribution in [1.82, 2.24) is 14.1 Å². The first-order valence-corrected chi connectivity index (χ1v) is 7.69. The fraction of sp³-hybridized carbons (Fsp3) is 0.462. The number of amides is 1. The van der Waals surface area contributed by atoms with Crippen LogP contribution in [0.1, 0.15) is 26.7 Å². The van der Waals surface area contributed by atoms with Crippen LogP contribution in [0.3, 0.4) is 0 Å². The Morgan fingerprint density at radius 3 is 3.00 bits per heavy atom. The lowest BCUT2D eigenvalue weighted by molar-refractivity contribution is -0.121. The molecule has 0 aliphatic rings. The Bertz CT molecular complexity index is 601. The van der Waals surface area contributed by atoms with Crippen molar-refractivity contribution in [2.24, 2.45) is 0 Å². The molecular formula is C13H17ClN4OS. The molecule has 2 aromatic rings. The molecule has 1 heterocycles. The van der Waals surface area contributed by atoms with Gasteiger partial charge in [-0.25, -0.2) is 0 Å². The molecule has 0 aliphatic heterocycles. The van der Waals surface area contributed by atoms with E-state index in [2.05, 4.69) is 26.3 Å². The van der Waals surface area contributed by atoms with Gasteiger partial charge in [0.05, 0.1) is 22.4 Å². The van der Waals surface area contributed by atoms with E-state index < -0.39 is 0 Å². The van der Waals surface area contributed by atoms with E-state index >= 15 is 0 Å². The molecule has 108 valence electrons. The molecule has 0 fully saturated rings. The molecule has 2 N–H and O–H groups in total. The number of anilines is 1. The van der Waals surface area contributed by atoms with Crippen LogP contribution in [0.15, 0.2) is 12.1 Å². The van der Waals surface area contributed by atoms with E-state index in [0.717, 1.165) is 30.1 Å². The maximum Gasteiger partial charge on any atom is 0.242 e. The third-order valence-corrected chi connectivity index (χ3v) is 3.82. The van der Waals surface area contributed by atoms with Gasteiger partial charge < -0.3 is 10.6 Å². The first-order chi connectivity index (χ1) is 9.63. The predicted molar refractivity (Wildman–Crippen MR) is 83.4 cm³/mol. The number of fused-ring (bicyclic) bond motifs is 1. The van der Waals surface area contributed by atoms with E-state index in [4.69, 9.17) is 11.6 Å². The summed E-state index contributed by atoms with van der Waals surface area (Å²) in [6.45, 7) is 4.58. The van der Waals surface area contributed by atoms with Crippen LogP contribution >= 0.6 is 23.3 Å². The molecule has 0 radical (unpaired) electrons. The van der Waals surface area contributed by atoms with E-state index in [-0.39, 0.29) is 11.9 Å². The number of unbranched alkanes of at least 4 members (excludes halogenated alkanes) is 1. The minimum atomic E-state index is -0.378. The summed E-state index contributed by atoms with van der Waals surface area (Å²) in [6, 6.07) is 3.20. The minimum Gasteiger partial charge on any atom is -0.371 e. The van der Waals surface area contributed by atoms with Gasteiger partial charge in [-0.05, 0) is 25.5 Å². The van der Waals surface area contributed by atoms with Crippen molar-refractivity contribution >= 4 is 46.0 Å². The SMILES string of the molecule is CCCCNC(=O)C(C)Nc1c(Cl)ccc2nsnc12. The summed E-state index contributed by atoms with van der Waals surface area (Å²) in [5.74, 6) is -0.0466. The molecule has 5 nitrogen and oxygen atoms in total. The quantitative estimate of drug-likeness (QED) is 0.804. The first-order valence-electron chi connectivity index (χ1n) is 6.58.